The van der Waals surface area contributed by atoms with Crippen LogP contribution in [0.3, 0.4) is 0 Å². The van der Waals surface area contributed by atoms with Crippen molar-refractivity contribution in [2.24, 2.45) is 0 Å². The molecule has 0 atom stereocenters. The normalized spacial score (nSPS) is 11.5. The summed E-state index contributed by atoms with van der Waals surface area (Å²) in [6, 6.07) is 3.62. The van der Waals surface area contributed by atoms with E-state index in [1.807, 2.05) is 6.07 Å². The standard InChI is InChI=1S/C15H22N3O5P/c1-22-13-8-11-12(9-14(13)23-2)17-10-18-15(11)16-6-4-3-5-7-24(19,20)21/h8-10H,3-7H2,1-2H3,(H,16,17,18)(H2,19,20,21). The molecule has 2 rings (SSSR count). The number of ether oxygens (including phenoxy) is 2. The molecule has 1 heterocycles. The van der Waals surface area contributed by atoms with Crippen LogP contribution in [0.15, 0.2) is 18.5 Å². The highest BCUT2D eigenvalue weighted by molar-refractivity contribution is 7.51. The molecule has 0 saturated heterocycles. The highest BCUT2D eigenvalue weighted by Crippen LogP contribution is 2.35. The van der Waals surface area contributed by atoms with Gasteiger partial charge in [0.15, 0.2) is 11.5 Å². The Bertz CT molecular complexity index is 734. The SMILES string of the molecule is COc1cc2ncnc(NCCCCCP(=O)(O)O)c2cc1OC. The Balaban J connectivity index is 2.00. The van der Waals surface area contributed by atoms with Crippen molar-refractivity contribution in [3.63, 3.8) is 0 Å². The van der Waals surface area contributed by atoms with Gasteiger partial charge in [0.2, 0.25) is 0 Å². The predicted molar refractivity (Wildman–Crippen MR) is 91.9 cm³/mol. The molecule has 0 radical (unpaired) electrons. The second kappa shape index (κ2) is 8.28. The van der Waals surface area contributed by atoms with Gasteiger partial charge in [0.05, 0.1) is 19.7 Å². The molecule has 1 aromatic carbocycles. The second-order valence-corrected chi connectivity index (χ2v) is 7.10. The van der Waals surface area contributed by atoms with Crippen molar-refractivity contribution < 1.29 is 23.8 Å². The lowest BCUT2D eigenvalue weighted by molar-refractivity contribution is 0.356. The van der Waals surface area contributed by atoms with Crippen LogP contribution in [0, 0.1) is 0 Å². The number of unbranched alkanes of at least 4 members (excludes halogenated alkanes) is 2. The summed E-state index contributed by atoms with van der Waals surface area (Å²) < 4.78 is 21.4. The van der Waals surface area contributed by atoms with Gasteiger partial charge in [-0.3, -0.25) is 4.57 Å². The number of hydrogen-bond donors (Lipinski definition) is 3. The Hall–Kier alpha value is -1.89. The third-order valence-electron chi connectivity index (χ3n) is 3.56. The molecule has 0 amide bonds. The van der Waals surface area contributed by atoms with E-state index in [1.54, 1.807) is 20.3 Å². The van der Waals surface area contributed by atoms with Crippen molar-refractivity contribution in [3.8, 4) is 11.5 Å². The minimum Gasteiger partial charge on any atom is -0.493 e. The lowest BCUT2D eigenvalue weighted by atomic mass is 10.2. The number of methoxy groups -OCH3 is 2. The fourth-order valence-electron chi connectivity index (χ4n) is 2.35. The molecule has 9 heteroatoms. The van der Waals surface area contributed by atoms with Crippen LogP contribution in [0.4, 0.5) is 5.82 Å². The van der Waals surface area contributed by atoms with Crippen LogP contribution in [0.2, 0.25) is 0 Å². The van der Waals surface area contributed by atoms with Crippen molar-refractivity contribution in [1.82, 2.24) is 9.97 Å². The summed E-state index contributed by atoms with van der Waals surface area (Å²) in [7, 11) is -0.747. The topological polar surface area (TPSA) is 114 Å². The van der Waals surface area contributed by atoms with Gasteiger partial charge in [0.25, 0.3) is 0 Å². The van der Waals surface area contributed by atoms with E-state index in [4.69, 9.17) is 19.3 Å². The largest absolute Gasteiger partial charge is 0.493 e. The van der Waals surface area contributed by atoms with Crippen molar-refractivity contribution in [3.05, 3.63) is 18.5 Å². The quantitative estimate of drug-likeness (QED) is 0.464. The number of aromatic nitrogens is 2. The Morgan fingerprint density at radius 3 is 2.46 bits per heavy atom. The maximum absolute atomic E-state index is 10.8. The number of hydrogen-bond acceptors (Lipinski definition) is 6. The Kier molecular flexibility index (Phi) is 6.36. The average Bonchev–Trinajstić information content (AvgIpc) is 2.55. The number of anilines is 1. The first-order valence-electron chi connectivity index (χ1n) is 7.60. The zero-order chi connectivity index (χ0) is 17.6. The van der Waals surface area contributed by atoms with Gasteiger partial charge in [-0.2, -0.15) is 0 Å². The summed E-state index contributed by atoms with van der Waals surface area (Å²) in [5.41, 5.74) is 0.742. The summed E-state index contributed by atoms with van der Waals surface area (Å²) in [6.45, 7) is 0.654. The van der Waals surface area contributed by atoms with E-state index in [1.165, 1.54) is 6.33 Å². The van der Waals surface area contributed by atoms with Gasteiger partial charge < -0.3 is 24.6 Å². The molecule has 0 aliphatic heterocycles. The van der Waals surface area contributed by atoms with Crippen LogP contribution < -0.4 is 14.8 Å². The van der Waals surface area contributed by atoms with Crippen molar-refractivity contribution >= 4 is 24.3 Å². The van der Waals surface area contributed by atoms with Crippen LogP contribution in [0.25, 0.3) is 10.9 Å². The smallest absolute Gasteiger partial charge is 0.325 e. The molecule has 0 saturated carbocycles. The lowest BCUT2D eigenvalue weighted by Gasteiger charge is -2.12. The number of rotatable bonds is 9. The van der Waals surface area contributed by atoms with E-state index in [-0.39, 0.29) is 6.16 Å². The van der Waals surface area contributed by atoms with E-state index in [2.05, 4.69) is 15.3 Å². The first-order chi connectivity index (χ1) is 11.4. The minimum absolute atomic E-state index is 0.0690. The van der Waals surface area contributed by atoms with Gasteiger partial charge in [0.1, 0.15) is 12.1 Å². The summed E-state index contributed by atoms with van der Waals surface area (Å²) in [4.78, 5) is 26.1. The maximum Gasteiger partial charge on any atom is 0.325 e. The Morgan fingerprint density at radius 1 is 1.08 bits per heavy atom. The molecule has 2 aromatic rings. The van der Waals surface area contributed by atoms with Crippen molar-refractivity contribution in [2.75, 3.05) is 32.2 Å². The first kappa shape index (κ1) is 18.4. The highest BCUT2D eigenvalue weighted by Gasteiger charge is 2.12. The fraction of sp³-hybridized carbons (Fsp3) is 0.467. The molecule has 0 bridgehead atoms. The zero-order valence-corrected chi connectivity index (χ0v) is 14.6. The molecular formula is C15H22N3O5P. The molecule has 3 N–H and O–H groups in total. The second-order valence-electron chi connectivity index (χ2n) is 5.32. The number of nitrogens with zero attached hydrogens (tertiary/aromatic N) is 2. The van der Waals surface area contributed by atoms with Crippen molar-refractivity contribution in [2.45, 2.75) is 19.3 Å². The average molecular weight is 355 g/mol. The fourth-order valence-corrected chi connectivity index (χ4v) is 2.99. The van der Waals surface area contributed by atoms with Gasteiger partial charge in [-0.25, -0.2) is 9.97 Å². The molecule has 0 fully saturated rings. The first-order valence-corrected chi connectivity index (χ1v) is 9.39. The van der Waals surface area contributed by atoms with Gasteiger partial charge in [0, 0.05) is 24.2 Å². The summed E-state index contributed by atoms with van der Waals surface area (Å²) in [5, 5.41) is 4.06. The minimum atomic E-state index is -3.89. The van der Waals surface area contributed by atoms with E-state index in [0.717, 1.165) is 23.7 Å². The van der Waals surface area contributed by atoms with Crippen molar-refractivity contribution in [1.29, 1.82) is 0 Å². The predicted octanol–water partition coefficient (Wildman–Crippen LogP) is 2.41. The summed E-state index contributed by atoms with van der Waals surface area (Å²) >= 11 is 0. The van der Waals surface area contributed by atoms with Gasteiger partial charge in [-0.15, -0.1) is 0 Å². The molecule has 0 aliphatic carbocycles. The lowest BCUT2D eigenvalue weighted by Crippen LogP contribution is -2.05. The Labute approximate surface area is 140 Å². The van der Waals surface area contributed by atoms with Crippen LogP contribution in [-0.4, -0.2) is 46.7 Å². The van der Waals surface area contributed by atoms with Crippen LogP contribution in [0.1, 0.15) is 19.3 Å². The third kappa shape index (κ3) is 5.06. The van der Waals surface area contributed by atoms with Crippen LogP contribution in [0.5, 0.6) is 11.5 Å². The number of nitrogens with one attached hydrogen (secondary N) is 1. The summed E-state index contributed by atoms with van der Waals surface area (Å²) in [5.74, 6) is 1.90. The monoisotopic (exact) mass is 355 g/mol. The number of benzene rings is 1. The van der Waals surface area contributed by atoms with Crippen LogP contribution in [-0.2, 0) is 4.57 Å². The molecule has 0 spiro atoms. The van der Waals surface area contributed by atoms with Crippen LogP contribution >= 0.6 is 7.60 Å². The Morgan fingerprint density at radius 2 is 1.79 bits per heavy atom. The van der Waals surface area contributed by atoms with Gasteiger partial charge in [-0.1, -0.05) is 6.42 Å². The summed E-state index contributed by atoms with van der Waals surface area (Å²) in [6.07, 6.45) is 3.43. The van der Waals surface area contributed by atoms with E-state index >= 15 is 0 Å². The molecule has 24 heavy (non-hydrogen) atoms. The maximum atomic E-state index is 10.8. The molecule has 132 valence electrons. The molecule has 8 nitrogen and oxygen atoms in total. The molecular weight excluding hydrogens is 333 g/mol. The van der Waals surface area contributed by atoms with Gasteiger partial charge in [-0.05, 0) is 18.9 Å². The van der Waals surface area contributed by atoms with E-state index in [9.17, 15) is 4.57 Å². The number of fused-ring (bicyclic) bond motifs is 1. The molecule has 1 aromatic heterocycles. The van der Waals surface area contributed by atoms with Gasteiger partial charge >= 0.3 is 7.60 Å². The van der Waals surface area contributed by atoms with E-state index in [0.29, 0.717) is 30.3 Å². The zero-order valence-electron chi connectivity index (χ0n) is 13.7. The highest BCUT2D eigenvalue weighted by atomic mass is 31.2. The third-order valence-corrected chi connectivity index (χ3v) is 4.46. The molecule has 0 unspecified atom stereocenters. The van der Waals surface area contributed by atoms with E-state index < -0.39 is 7.60 Å². The molecule has 0 aliphatic rings.